The maximum absolute atomic E-state index is 13.0. The molecule has 5 heteroatoms. The first kappa shape index (κ1) is 20.2. The van der Waals surface area contributed by atoms with Gasteiger partial charge in [-0.15, -0.1) is 0 Å². The highest BCUT2D eigenvalue weighted by atomic mass is 16.5. The number of ether oxygens (including phenoxy) is 1. The molecular weight excluding hydrogens is 390 g/mol. The van der Waals surface area contributed by atoms with Crippen LogP contribution in [0.4, 0.5) is 5.88 Å². The van der Waals surface area contributed by atoms with Gasteiger partial charge in [0.25, 0.3) is 5.91 Å². The number of amides is 1. The molecule has 0 aliphatic rings. The monoisotopic (exact) mass is 411 g/mol. The average Bonchev–Trinajstić information content (AvgIpc) is 3.20. The number of benzene rings is 3. The molecule has 0 aliphatic carbocycles. The Hall–Kier alpha value is -4.12. The van der Waals surface area contributed by atoms with Crippen molar-refractivity contribution in [2.75, 3.05) is 11.9 Å². The van der Waals surface area contributed by atoms with Crippen molar-refractivity contribution in [1.82, 2.24) is 0 Å². The molecule has 0 saturated carbocycles. The maximum atomic E-state index is 13.0. The van der Waals surface area contributed by atoms with E-state index < -0.39 is 5.97 Å². The van der Waals surface area contributed by atoms with Gasteiger partial charge in [0.1, 0.15) is 11.3 Å². The number of anilines is 1. The second-order valence-electron chi connectivity index (χ2n) is 6.78. The SMILES string of the molecule is CCOC(=O)c1c(NC(=O)c2ccccc2)oc(-c2ccccc2)c1-c1ccccc1. The largest absolute Gasteiger partial charge is 0.462 e. The van der Waals surface area contributed by atoms with E-state index in [4.69, 9.17) is 9.15 Å². The van der Waals surface area contributed by atoms with E-state index in [0.29, 0.717) is 16.9 Å². The Balaban J connectivity index is 1.91. The Morgan fingerprint density at radius 1 is 0.806 bits per heavy atom. The fourth-order valence-corrected chi connectivity index (χ4v) is 3.36. The second-order valence-corrected chi connectivity index (χ2v) is 6.78. The summed E-state index contributed by atoms with van der Waals surface area (Å²) in [6.07, 6.45) is 0. The first-order valence-electron chi connectivity index (χ1n) is 10.00. The predicted octanol–water partition coefficient (Wildman–Crippen LogP) is 6.04. The van der Waals surface area contributed by atoms with Crippen LogP contribution in [-0.2, 0) is 4.74 Å². The lowest BCUT2D eigenvalue weighted by Gasteiger charge is -2.08. The summed E-state index contributed by atoms with van der Waals surface area (Å²) in [6, 6.07) is 27.7. The summed E-state index contributed by atoms with van der Waals surface area (Å²) in [4.78, 5) is 25.8. The van der Waals surface area contributed by atoms with Gasteiger partial charge < -0.3 is 9.15 Å². The lowest BCUT2D eigenvalue weighted by Crippen LogP contribution is -2.15. The summed E-state index contributed by atoms with van der Waals surface area (Å²) >= 11 is 0. The van der Waals surface area contributed by atoms with Crippen LogP contribution in [0.25, 0.3) is 22.5 Å². The summed E-state index contributed by atoms with van der Waals surface area (Å²) in [6.45, 7) is 1.94. The summed E-state index contributed by atoms with van der Waals surface area (Å²) < 4.78 is 11.4. The van der Waals surface area contributed by atoms with Crippen LogP contribution < -0.4 is 5.32 Å². The van der Waals surface area contributed by atoms with E-state index >= 15 is 0 Å². The van der Waals surface area contributed by atoms with Crippen molar-refractivity contribution in [2.24, 2.45) is 0 Å². The first-order chi connectivity index (χ1) is 15.2. The summed E-state index contributed by atoms with van der Waals surface area (Å²) in [5.74, 6) is -0.391. The minimum absolute atomic E-state index is 0.0602. The zero-order valence-corrected chi connectivity index (χ0v) is 17.0. The third kappa shape index (κ3) is 4.26. The Morgan fingerprint density at radius 3 is 1.94 bits per heavy atom. The molecule has 1 amide bonds. The van der Waals surface area contributed by atoms with Crippen LogP contribution in [0.15, 0.2) is 95.4 Å². The van der Waals surface area contributed by atoms with Gasteiger partial charge in [0, 0.05) is 16.7 Å². The number of carbonyl (C=O) groups excluding carboxylic acids is 2. The molecule has 154 valence electrons. The van der Waals surface area contributed by atoms with E-state index in [1.807, 2.05) is 66.7 Å². The maximum Gasteiger partial charge on any atom is 0.344 e. The normalized spacial score (nSPS) is 10.5. The zero-order chi connectivity index (χ0) is 21.6. The summed E-state index contributed by atoms with van der Waals surface area (Å²) in [5, 5.41) is 2.76. The number of nitrogens with one attached hydrogen (secondary N) is 1. The van der Waals surface area contributed by atoms with Gasteiger partial charge in [0.05, 0.1) is 6.61 Å². The third-order valence-corrected chi connectivity index (χ3v) is 4.75. The number of furan rings is 1. The fourth-order valence-electron chi connectivity index (χ4n) is 3.36. The van der Waals surface area contributed by atoms with Crippen molar-refractivity contribution >= 4 is 17.8 Å². The van der Waals surface area contributed by atoms with Crippen LogP contribution in [0.5, 0.6) is 0 Å². The lowest BCUT2D eigenvalue weighted by atomic mass is 9.97. The van der Waals surface area contributed by atoms with E-state index in [0.717, 1.165) is 11.1 Å². The Labute approximate surface area is 180 Å². The standard InChI is InChI=1S/C26H21NO4/c1-2-30-26(29)22-21(18-12-6-3-7-13-18)23(19-14-8-4-9-15-19)31-25(22)27-24(28)20-16-10-5-11-17-20/h3-17H,2H2,1H3,(H,27,28). The molecule has 0 aliphatic heterocycles. The van der Waals surface area contributed by atoms with Gasteiger partial charge in [-0.2, -0.15) is 0 Å². The molecular formula is C26H21NO4. The first-order valence-corrected chi connectivity index (χ1v) is 10.00. The van der Waals surface area contributed by atoms with Crippen molar-refractivity contribution in [2.45, 2.75) is 6.92 Å². The van der Waals surface area contributed by atoms with Gasteiger partial charge in [-0.1, -0.05) is 78.9 Å². The smallest absolute Gasteiger partial charge is 0.344 e. The number of hydrogen-bond donors (Lipinski definition) is 1. The van der Waals surface area contributed by atoms with Crippen LogP contribution >= 0.6 is 0 Å². The molecule has 0 radical (unpaired) electrons. The zero-order valence-electron chi connectivity index (χ0n) is 17.0. The van der Waals surface area contributed by atoms with Gasteiger partial charge in [0.15, 0.2) is 0 Å². The minimum atomic E-state index is -0.560. The molecule has 4 rings (SSSR count). The molecule has 1 N–H and O–H groups in total. The average molecular weight is 411 g/mol. The highest BCUT2D eigenvalue weighted by Crippen LogP contribution is 2.42. The number of carbonyl (C=O) groups is 2. The number of esters is 1. The van der Waals surface area contributed by atoms with Crippen LogP contribution in [0.3, 0.4) is 0 Å². The molecule has 3 aromatic carbocycles. The molecule has 0 saturated heterocycles. The molecule has 0 spiro atoms. The lowest BCUT2D eigenvalue weighted by molar-refractivity contribution is 0.0528. The van der Waals surface area contributed by atoms with E-state index in [9.17, 15) is 9.59 Å². The Kier molecular flexibility index (Phi) is 5.94. The van der Waals surface area contributed by atoms with E-state index in [2.05, 4.69) is 5.32 Å². The van der Waals surface area contributed by atoms with Crippen LogP contribution in [-0.4, -0.2) is 18.5 Å². The highest BCUT2D eigenvalue weighted by molar-refractivity contribution is 6.11. The van der Waals surface area contributed by atoms with Crippen molar-refractivity contribution in [3.8, 4) is 22.5 Å². The molecule has 0 fully saturated rings. The molecule has 0 atom stereocenters. The van der Waals surface area contributed by atoms with Gasteiger partial charge in [-0.05, 0) is 24.6 Å². The molecule has 5 nitrogen and oxygen atoms in total. The molecule has 31 heavy (non-hydrogen) atoms. The van der Waals surface area contributed by atoms with Crippen molar-refractivity contribution in [3.05, 3.63) is 102 Å². The summed E-state index contributed by atoms with van der Waals surface area (Å²) in [7, 11) is 0. The number of rotatable bonds is 6. The topological polar surface area (TPSA) is 68.5 Å². The predicted molar refractivity (Wildman–Crippen MR) is 120 cm³/mol. The molecule has 1 aromatic heterocycles. The van der Waals surface area contributed by atoms with E-state index in [-0.39, 0.29) is 24.0 Å². The summed E-state index contributed by atoms with van der Waals surface area (Å²) in [5.41, 5.74) is 2.79. The van der Waals surface area contributed by atoms with Crippen LogP contribution in [0.1, 0.15) is 27.6 Å². The quantitative estimate of drug-likeness (QED) is 0.393. The van der Waals surface area contributed by atoms with Crippen LogP contribution in [0.2, 0.25) is 0 Å². The van der Waals surface area contributed by atoms with Gasteiger partial charge in [-0.3, -0.25) is 10.1 Å². The van der Waals surface area contributed by atoms with E-state index in [1.165, 1.54) is 0 Å². The van der Waals surface area contributed by atoms with Crippen LogP contribution in [0, 0.1) is 0 Å². The van der Waals surface area contributed by atoms with Crippen molar-refractivity contribution in [1.29, 1.82) is 0 Å². The highest BCUT2D eigenvalue weighted by Gasteiger charge is 2.29. The third-order valence-electron chi connectivity index (χ3n) is 4.75. The van der Waals surface area contributed by atoms with Gasteiger partial charge in [-0.25, -0.2) is 4.79 Å². The Morgan fingerprint density at radius 2 is 1.35 bits per heavy atom. The van der Waals surface area contributed by atoms with Crippen molar-refractivity contribution in [3.63, 3.8) is 0 Å². The van der Waals surface area contributed by atoms with Crippen molar-refractivity contribution < 1.29 is 18.7 Å². The van der Waals surface area contributed by atoms with Gasteiger partial charge >= 0.3 is 5.97 Å². The van der Waals surface area contributed by atoms with Gasteiger partial charge in [0.2, 0.25) is 5.88 Å². The number of hydrogen-bond acceptors (Lipinski definition) is 4. The molecule has 0 bridgehead atoms. The molecule has 0 unspecified atom stereocenters. The molecule has 1 heterocycles. The Bertz CT molecular complexity index is 1180. The van der Waals surface area contributed by atoms with E-state index in [1.54, 1.807) is 31.2 Å². The fraction of sp³-hybridized carbons (Fsp3) is 0.0769. The molecule has 4 aromatic rings. The minimum Gasteiger partial charge on any atom is -0.462 e. The second kappa shape index (κ2) is 9.13.